The molecule has 0 aliphatic heterocycles. The summed E-state index contributed by atoms with van der Waals surface area (Å²) in [5.41, 5.74) is 0. The first-order valence-corrected chi connectivity index (χ1v) is 26.6. The molecule has 64 heavy (non-hydrogen) atoms. The molecule has 6 heteroatoms. The molecule has 1 amide bonds. The molecule has 0 radical (unpaired) electrons. The SMILES string of the molecule is CC/C=C/C=C/C=C\C=C/C=C/CCCC(CC(=O)NC(CO)C(O)CCCCCCCCCCCCCCCCCCC)OC(=O)CCCCCCCCC/C=C/C=C/C=C/CC. The van der Waals surface area contributed by atoms with Gasteiger partial charge in [-0.3, -0.25) is 9.59 Å². The number of nitrogens with one attached hydrogen (secondary N) is 1. The van der Waals surface area contributed by atoms with Gasteiger partial charge in [0.05, 0.1) is 25.2 Å². The van der Waals surface area contributed by atoms with Crippen molar-refractivity contribution < 1.29 is 24.5 Å². The van der Waals surface area contributed by atoms with Crippen molar-refractivity contribution in [1.29, 1.82) is 0 Å². The van der Waals surface area contributed by atoms with E-state index in [9.17, 15) is 19.8 Å². The molecule has 366 valence electrons. The minimum Gasteiger partial charge on any atom is -0.462 e. The zero-order valence-corrected chi connectivity index (χ0v) is 41.6. The van der Waals surface area contributed by atoms with E-state index in [4.69, 9.17) is 4.74 Å². The number of amides is 1. The molecule has 0 rings (SSSR count). The van der Waals surface area contributed by atoms with Gasteiger partial charge in [0.1, 0.15) is 6.10 Å². The van der Waals surface area contributed by atoms with Gasteiger partial charge in [-0.15, -0.1) is 0 Å². The highest BCUT2D eigenvalue weighted by atomic mass is 16.5. The number of aliphatic hydroxyl groups is 2. The molecule has 0 bridgehead atoms. The van der Waals surface area contributed by atoms with Crippen molar-refractivity contribution in [1.82, 2.24) is 5.32 Å². The van der Waals surface area contributed by atoms with Crippen LogP contribution in [-0.4, -0.2) is 46.9 Å². The highest BCUT2D eigenvalue weighted by molar-refractivity contribution is 5.77. The van der Waals surface area contributed by atoms with E-state index < -0.39 is 18.2 Å². The average Bonchev–Trinajstić information content (AvgIpc) is 3.29. The van der Waals surface area contributed by atoms with Gasteiger partial charge in [-0.25, -0.2) is 0 Å². The lowest BCUT2D eigenvalue weighted by atomic mass is 10.0. The Bertz CT molecular complexity index is 1270. The number of esters is 1. The quantitative estimate of drug-likeness (QED) is 0.0321. The van der Waals surface area contributed by atoms with Crippen molar-refractivity contribution in [3.05, 3.63) is 97.2 Å². The summed E-state index contributed by atoms with van der Waals surface area (Å²) in [4.78, 5) is 26.1. The van der Waals surface area contributed by atoms with Crippen LogP contribution in [0.5, 0.6) is 0 Å². The van der Waals surface area contributed by atoms with Crippen molar-refractivity contribution in [2.24, 2.45) is 0 Å². The van der Waals surface area contributed by atoms with Gasteiger partial charge in [-0.05, 0) is 57.8 Å². The van der Waals surface area contributed by atoms with Crippen molar-refractivity contribution in [3.8, 4) is 0 Å². The van der Waals surface area contributed by atoms with Crippen molar-refractivity contribution in [2.75, 3.05) is 6.61 Å². The largest absolute Gasteiger partial charge is 0.462 e. The van der Waals surface area contributed by atoms with Crippen molar-refractivity contribution >= 4 is 11.9 Å². The maximum absolute atomic E-state index is 13.2. The highest BCUT2D eigenvalue weighted by Gasteiger charge is 2.24. The summed E-state index contributed by atoms with van der Waals surface area (Å²) in [7, 11) is 0. The standard InChI is InChI=1S/C58H99NO5/c1-4-7-10-13-16-19-22-25-27-28-30-32-35-38-41-44-47-50-56(61)55(53-60)59-57(62)52-54(49-46-43-40-37-34-31-24-21-18-15-12-9-6-3)64-58(63)51-48-45-42-39-36-33-29-26-23-20-17-14-11-8-5-2/h8-9,11-12,14-15,17-18,20-21,23-24,31,34,37,40,54-56,60-61H,4-7,10,13,16,19,22,25-30,32-33,35-36,38-39,41-53H2,1-3H3,(H,59,62)/b11-8+,12-9+,17-14+,18-15+,23-20+,24-21-,34-31-,40-37+. The van der Waals surface area contributed by atoms with E-state index in [1.807, 2.05) is 48.6 Å². The normalized spacial score (nSPS) is 14.0. The number of ether oxygens (including phenoxy) is 1. The van der Waals surface area contributed by atoms with Gasteiger partial charge in [0.15, 0.2) is 0 Å². The first kappa shape index (κ1) is 60.8. The van der Waals surface area contributed by atoms with Gasteiger partial charge in [-0.1, -0.05) is 259 Å². The fraction of sp³-hybridized carbons (Fsp3) is 0.690. The third-order valence-electron chi connectivity index (χ3n) is 11.6. The van der Waals surface area contributed by atoms with Gasteiger partial charge in [-0.2, -0.15) is 0 Å². The topological polar surface area (TPSA) is 95.9 Å². The molecule has 0 aliphatic carbocycles. The first-order chi connectivity index (χ1) is 31.5. The predicted molar refractivity (Wildman–Crippen MR) is 277 cm³/mol. The third kappa shape index (κ3) is 45.4. The van der Waals surface area contributed by atoms with Crippen LogP contribution < -0.4 is 5.32 Å². The second-order valence-corrected chi connectivity index (χ2v) is 17.7. The number of unbranched alkanes of at least 4 members (excludes halogenated alkanes) is 24. The molecule has 0 saturated heterocycles. The van der Waals surface area contributed by atoms with Crippen LogP contribution in [-0.2, 0) is 14.3 Å². The predicted octanol–water partition coefficient (Wildman–Crippen LogP) is 16.1. The summed E-state index contributed by atoms with van der Waals surface area (Å²) in [6.07, 6.45) is 67.6. The lowest BCUT2D eigenvalue weighted by Crippen LogP contribution is -2.46. The Morgan fingerprint density at radius 1 is 0.469 bits per heavy atom. The molecule has 0 aromatic rings. The Morgan fingerprint density at radius 3 is 1.31 bits per heavy atom. The molecule has 0 aromatic heterocycles. The van der Waals surface area contributed by atoms with Crippen LogP contribution in [0, 0.1) is 0 Å². The summed E-state index contributed by atoms with van der Waals surface area (Å²) in [5, 5.41) is 23.8. The molecular formula is C58H99NO5. The van der Waals surface area contributed by atoms with Crippen LogP contribution in [0.15, 0.2) is 97.2 Å². The van der Waals surface area contributed by atoms with Crippen LogP contribution in [0.1, 0.15) is 233 Å². The fourth-order valence-electron chi connectivity index (χ4n) is 7.63. The second kappa shape index (κ2) is 50.8. The molecule has 0 spiro atoms. The fourth-order valence-corrected chi connectivity index (χ4v) is 7.63. The van der Waals surface area contributed by atoms with E-state index in [0.717, 1.165) is 70.6 Å². The van der Waals surface area contributed by atoms with E-state index >= 15 is 0 Å². The second-order valence-electron chi connectivity index (χ2n) is 17.7. The van der Waals surface area contributed by atoms with E-state index in [1.54, 1.807) is 0 Å². The number of carbonyl (C=O) groups is 2. The number of rotatable bonds is 46. The van der Waals surface area contributed by atoms with Crippen molar-refractivity contribution in [3.63, 3.8) is 0 Å². The van der Waals surface area contributed by atoms with Gasteiger partial charge in [0.2, 0.25) is 5.91 Å². The Morgan fingerprint density at radius 2 is 0.859 bits per heavy atom. The van der Waals surface area contributed by atoms with E-state index in [2.05, 4.69) is 74.7 Å². The van der Waals surface area contributed by atoms with Crippen LogP contribution in [0.25, 0.3) is 0 Å². The molecule has 0 heterocycles. The lowest BCUT2D eigenvalue weighted by molar-refractivity contribution is -0.151. The summed E-state index contributed by atoms with van der Waals surface area (Å²) in [6.45, 7) is 6.19. The Kier molecular flexibility index (Phi) is 48.2. The number of hydrogen-bond acceptors (Lipinski definition) is 5. The monoisotopic (exact) mass is 890 g/mol. The smallest absolute Gasteiger partial charge is 0.306 e. The Labute approximate surface area is 395 Å². The zero-order chi connectivity index (χ0) is 46.7. The van der Waals surface area contributed by atoms with Crippen LogP contribution in [0.2, 0.25) is 0 Å². The number of aliphatic hydroxyl groups excluding tert-OH is 2. The average molecular weight is 890 g/mol. The molecule has 3 N–H and O–H groups in total. The Balaban J connectivity index is 4.63. The van der Waals surface area contributed by atoms with Crippen LogP contribution in [0.3, 0.4) is 0 Å². The third-order valence-corrected chi connectivity index (χ3v) is 11.6. The maximum Gasteiger partial charge on any atom is 0.306 e. The highest BCUT2D eigenvalue weighted by Crippen LogP contribution is 2.17. The van der Waals surface area contributed by atoms with Crippen LogP contribution in [0.4, 0.5) is 0 Å². The molecule has 0 saturated carbocycles. The van der Waals surface area contributed by atoms with Crippen molar-refractivity contribution in [2.45, 2.75) is 251 Å². The minimum atomic E-state index is -0.814. The number of hydrogen-bond donors (Lipinski definition) is 3. The molecule has 0 fully saturated rings. The maximum atomic E-state index is 13.2. The molecule has 0 aromatic carbocycles. The summed E-state index contributed by atoms with van der Waals surface area (Å²) < 4.78 is 5.89. The molecule has 3 unspecified atom stereocenters. The first-order valence-electron chi connectivity index (χ1n) is 26.6. The number of allylic oxidation sites excluding steroid dienone is 16. The lowest BCUT2D eigenvalue weighted by Gasteiger charge is -2.24. The summed E-state index contributed by atoms with van der Waals surface area (Å²) >= 11 is 0. The molecule has 3 atom stereocenters. The Hall–Kier alpha value is -3.22. The molecular weight excluding hydrogens is 791 g/mol. The van der Waals surface area contributed by atoms with Gasteiger partial charge < -0.3 is 20.3 Å². The zero-order valence-electron chi connectivity index (χ0n) is 41.6. The van der Waals surface area contributed by atoms with Crippen LogP contribution >= 0.6 is 0 Å². The molecule has 6 nitrogen and oxygen atoms in total. The van der Waals surface area contributed by atoms with Gasteiger partial charge in [0.25, 0.3) is 0 Å². The van der Waals surface area contributed by atoms with E-state index in [-0.39, 0.29) is 24.9 Å². The number of carbonyl (C=O) groups excluding carboxylic acids is 2. The minimum absolute atomic E-state index is 0.0187. The summed E-state index contributed by atoms with van der Waals surface area (Å²) in [5.74, 6) is -0.565. The van der Waals surface area contributed by atoms with Gasteiger partial charge in [0, 0.05) is 6.42 Å². The van der Waals surface area contributed by atoms with Gasteiger partial charge >= 0.3 is 5.97 Å². The molecule has 0 aliphatic rings. The van der Waals surface area contributed by atoms with E-state index in [0.29, 0.717) is 19.3 Å². The summed E-state index contributed by atoms with van der Waals surface area (Å²) in [6, 6.07) is -0.733. The van der Waals surface area contributed by atoms with E-state index in [1.165, 1.54) is 116 Å².